The van der Waals surface area contributed by atoms with Crippen LogP contribution in [0.25, 0.3) is 10.9 Å². The second kappa shape index (κ2) is 10.1. The Kier molecular flexibility index (Phi) is 7.18. The van der Waals surface area contributed by atoms with Crippen LogP contribution in [0.4, 0.5) is 0 Å². The molecule has 0 unspecified atom stereocenters. The van der Waals surface area contributed by atoms with Crippen LogP contribution in [-0.4, -0.2) is 69.8 Å². The highest BCUT2D eigenvalue weighted by Crippen LogP contribution is 2.33. The highest BCUT2D eigenvalue weighted by Gasteiger charge is 2.45. The zero-order chi connectivity index (χ0) is 23.5. The van der Waals surface area contributed by atoms with Gasteiger partial charge in [0.1, 0.15) is 24.1 Å². The number of nitrogens with one attached hydrogen (secondary N) is 1. The molecule has 5 atom stereocenters. The first-order chi connectivity index (χ1) is 15.9. The molecule has 0 bridgehead atoms. The van der Waals surface area contributed by atoms with Crippen molar-refractivity contribution in [2.75, 3.05) is 13.7 Å². The second-order valence-electron chi connectivity index (χ2n) is 8.22. The fourth-order valence-electron chi connectivity index (χ4n) is 4.05. The summed E-state index contributed by atoms with van der Waals surface area (Å²) in [6, 6.07) is 11.7. The maximum atomic E-state index is 10.3. The van der Waals surface area contributed by atoms with Crippen LogP contribution < -0.4 is 9.62 Å². The molecule has 1 aliphatic heterocycles. The molecule has 1 saturated heterocycles. The predicted octanol–water partition coefficient (Wildman–Crippen LogP) is 1.38. The van der Waals surface area contributed by atoms with Gasteiger partial charge in [0, 0.05) is 17.1 Å². The average molecular weight is 459 g/mol. The van der Waals surface area contributed by atoms with Gasteiger partial charge in [0.05, 0.1) is 13.7 Å². The molecule has 33 heavy (non-hydrogen) atoms. The summed E-state index contributed by atoms with van der Waals surface area (Å²) in [4.78, 5) is 14.2. The summed E-state index contributed by atoms with van der Waals surface area (Å²) in [5.74, 6) is 1.22. The monoisotopic (exact) mass is 459 g/mol. The fourth-order valence-corrected chi connectivity index (χ4v) is 4.05. The van der Waals surface area contributed by atoms with Crippen molar-refractivity contribution >= 4 is 10.9 Å². The van der Waals surface area contributed by atoms with E-state index in [9.17, 15) is 20.4 Å². The van der Waals surface area contributed by atoms with Crippen LogP contribution >= 0.6 is 0 Å². The minimum atomic E-state index is -1.58. The summed E-state index contributed by atoms with van der Waals surface area (Å²) in [7, 11) is 1.63. The van der Waals surface area contributed by atoms with Gasteiger partial charge in [-0.05, 0) is 60.7 Å². The van der Waals surface area contributed by atoms with Crippen molar-refractivity contribution in [2.24, 2.45) is 0 Å². The van der Waals surface area contributed by atoms with Gasteiger partial charge in [-0.25, -0.2) is 0 Å². The third-order valence-corrected chi connectivity index (χ3v) is 5.90. The number of aliphatic hydroxyl groups excluding tert-OH is 4. The van der Waals surface area contributed by atoms with E-state index in [1.165, 1.54) is 0 Å². The number of aliphatic hydroxyl groups is 4. The van der Waals surface area contributed by atoms with Crippen LogP contribution in [0.2, 0.25) is 0 Å². The van der Waals surface area contributed by atoms with Crippen LogP contribution in [0.1, 0.15) is 16.7 Å². The first-order valence-corrected chi connectivity index (χ1v) is 10.8. The molecular formula is C24H29NO8. The number of H-pyrrole nitrogens is 1. The van der Waals surface area contributed by atoms with Gasteiger partial charge in [-0.15, -0.1) is 0 Å². The van der Waals surface area contributed by atoms with Crippen LogP contribution in [-0.2, 0) is 22.5 Å². The Bertz CT molecular complexity index is 1070. The van der Waals surface area contributed by atoms with Crippen LogP contribution in [0.3, 0.4) is 0 Å². The minimum absolute atomic E-state index is 0.411. The fraction of sp³-hybridized carbons (Fsp3) is 0.417. The summed E-state index contributed by atoms with van der Waals surface area (Å²) in [5.41, 5.74) is 3.96. The van der Waals surface area contributed by atoms with Crippen LogP contribution in [0.15, 0.2) is 42.6 Å². The van der Waals surface area contributed by atoms with Gasteiger partial charge in [0.15, 0.2) is 18.1 Å². The standard InChI is InChI=1S/C24H29NO8/c1-13-9-17-20(15(11-25-17)6-3-14-4-7-16(30-2)8-5-14)18(10-13)32-33-23-22(28)21(27)19(12-26)31-24(23)29/h4-5,7-11,19,21-29H,3,6,12H2,1-2H3/t19-,21-,22+,23-,24-/m1/s1. The zero-order valence-electron chi connectivity index (χ0n) is 18.5. The maximum Gasteiger partial charge on any atom is 0.188 e. The van der Waals surface area contributed by atoms with E-state index in [1.807, 2.05) is 43.5 Å². The van der Waals surface area contributed by atoms with Crippen LogP contribution in [0.5, 0.6) is 11.5 Å². The molecule has 1 fully saturated rings. The lowest BCUT2D eigenvalue weighted by atomic mass is 9.99. The zero-order valence-corrected chi connectivity index (χ0v) is 18.5. The molecule has 0 radical (unpaired) electrons. The van der Waals surface area contributed by atoms with Gasteiger partial charge < -0.3 is 39.8 Å². The van der Waals surface area contributed by atoms with Crippen molar-refractivity contribution in [1.29, 1.82) is 0 Å². The van der Waals surface area contributed by atoms with Crippen molar-refractivity contribution in [2.45, 2.75) is 50.5 Å². The summed E-state index contributed by atoms with van der Waals surface area (Å²) in [5, 5.41) is 40.5. The summed E-state index contributed by atoms with van der Waals surface area (Å²) < 4.78 is 10.3. The molecule has 0 aliphatic carbocycles. The number of hydrogen-bond acceptors (Lipinski definition) is 8. The molecule has 1 aliphatic rings. The quantitative estimate of drug-likeness (QED) is 0.252. The number of rotatable bonds is 8. The molecule has 3 aromatic rings. The van der Waals surface area contributed by atoms with Crippen LogP contribution in [0, 0.1) is 6.92 Å². The van der Waals surface area contributed by atoms with E-state index in [4.69, 9.17) is 19.2 Å². The van der Waals surface area contributed by atoms with Crippen molar-refractivity contribution in [3.63, 3.8) is 0 Å². The maximum absolute atomic E-state index is 10.3. The SMILES string of the molecule is COc1ccc(CCc2c[nH]c3cc(C)cc(OO[C@@H]4[C@@H](O)[C@H](O)[C@@H](CO)O[C@H]4O)c23)cc1. The number of aryl methyl sites for hydroxylation is 3. The minimum Gasteiger partial charge on any atom is -0.497 e. The molecule has 0 saturated carbocycles. The lowest BCUT2D eigenvalue weighted by Gasteiger charge is -2.38. The largest absolute Gasteiger partial charge is 0.497 e. The second-order valence-corrected chi connectivity index (χ2v) is 8.22. The lowest BCUT2D eigenvalue weighted by Crippen LogP contribution is -2.59. The van der Waals surface area contributed by atoms with Gasteiger partial charge in [0.25, 0.3) is 0 Å². The van der Waals surface area contributed by atoms with Crippen molar-refractivity contribution in [1.82, 2.24) is 4.98 Å². The lowest BCUT2D eigenvalue weighted by molar-refractivity contribution is -0.364. The molecule has 2 heterocycles. The molecule has 9 heteroatoms. The smallest absolute Gasteiger partial charge is 0.188 e. The van der Waals surface area contributed by atoms with E-state index in [0.29, 0.717) is 5.75 Å². The Morgan fingerprint density at radius 1 is 1.03 bits per heavy atom. The number of methoxy groups -OCH3 is 1. The summed E-state index contributed by atoms with van der Waals surface area (Å²) in [6.07, 6.45) is -3.54. The third kappa shape index (κ3) is 4.98. The Labute approximate surface area is 191 Å². The highest BCUT2D eigenvalue weighted by molar-refractivity contribution is 5.90. The van der Waals surface area contributed by atoms with Gasteiger partial charge in [-0.1, -0.05) is 12.1 Å². The van der Waals surface area contributed by atoms with Crippen molar-refractivity contribution in [3.8, 4) is 11.5 Å². The Balaban J connectivity index is 1.52. The van der Waals surface area contributed by atoms with E-state index >= 15 is 0 Å². The van der Waals surface area contributed by atoms with E-state index in [2.05, 4.69) is 4.98 Å². The van der Waals surface area contributed by atoms with Gasteiger partial charge in [-0.3, -0.25) is 0 Å². The molecule has 178 valence electrons. The topological polar surface area (TPSA) is 134 Å². The molecular weight excluding hydrogens is 430 g/mol. The molecule has 1 aromatic heterocycles. The molecule has 4 rings (SSSR count). The van der Waals surface area contributed by atoms with E-state index < -0.39 is 37.3 Å². The van der Waals surface area contributed by atoms with E-state index in [-0.39, 0.29) is 0 Å². The average Bonchev–Trinajstić information content (AvgIpc) is 3.22. The number of ether oxygens (including phenoxy) is 2. The highest BCUT2D eigenvalue weighted by atomic mass is 17.2. The first kappa shape index (κ1) is 23.5. The molecule has 0 spiro atoms. The number of fused-ring (bicyclic) bond motifs is 1. The summed E-state index contributed by atoms with van der Waals surface area (Å²) >= 11 is 0. The molecule has 5 N–H and O–H groups in total. The van der Waals surface area contributed by atoms with Crippen molar-refractivity contribution < 1.29 is 39.7 Å². The van der Waals surface area contributed by atoms with Crippen molar-refractivity contribution in [3.05, 3.63) is 59.3 Å². The van der Waals surface area contributed by atoms with Gasteiger partial charge in [0.2, 0.25) is 0 Å². The molecule has 0 amide bonds. The number of hydrogen-bond donors (Lipinski definition) is 5. The first-order valence-electron chi connectivity index (χ1n) is 10.8. The number of benzene rings is 2. The number of aromatic amines is 1. The number of aromatic nitrogens is 1. The normalized spacial score (nSPS) is 25.3. The summed E-state index contributed by atoms with van der Waals surface area (Å²) in [6.45, 7) is 1.36. The third-order valence-electron chi connectivity index (χ3n) is 5.90. The van der Waals surface area contributed by atoms with E-state index in [0.717, 1.165) is 46.2 Å². The Morgan fingerprint density at radius 2 is 1.79 bits per heavy atom. The van der Waals surface area contributed by atoms with E-state index in [1.54, 1.807) is 13.2 Å². The van der Waals surface area contributed by atoms with Gasteiger partial charge in [-0.2, -0.15) is 4.89 Å². The molecule has 9 nitrogen and oxygen atoms in total. The Hall–Kier alpha value is -2.66. The van der Waals surface area contributed by atoms with Gasteiger partial charge >= 0.3 is 0 Å². The molecule has 2 aromatic carbocycles. The predicted molar refractivity (Wildman–Crippen MR) is 119 cm³/mol. The Morgan fingerprint density at radius 3 is 2.48 bits per heavy atom.